The summed E-state index contributed by atoms with van der Waals surface area (Å²) in [5.41, 5.74) is 8.35. The monoisotopic (exact) mass is 1480 g/mol. The van der Waals surface area contributed by atoms with Gasteiger partial charge in [0.25, 0.3) is 5.91 Å². The third kappa shape index (κ3) is 18.8. The van der Waals surface area contributed by atoms with Gasteiger partial charge in [-0.3, -0.25) is 28.8 Å². The number of nitrogens with two attached hydrogens (primary N) is 1. The Hall–Kier alpha value is -8.80. The molecule has 32 heteroatoms. The topological polar surface area (TPSA) is 432 Å². The molecule has 106 heavy (non-hydrogen) atoms. The molecule has 576 valence electrons. The van der Waals surface area contributed by atoms with Gasteiger partial charge in [-0.15, -0.1) is 0 Å². The van der Waals surface area contributed by atoms with Crippen LogP contribution in [0.15, 0.2) is 66.7 Å². The minimum absolute atomic E-state index is 0.0102. The van der Waals surface area contributed by atoms with Crippen LogP contribution in [0, 0.1) is 28.6 Å². The average molecular weight is 1480 g/mol. The van der Waals surface area contributed by atoms with Gasteiger partial charge in [-0.1, -0.05) is 38.1 Å². The Morgan fingerprint density at radius 1 is 0.698 bits per heavy atom. The molecule has 4 aromatic carbocycles. The molecule has 4 heterocycles. The van der Waals surface area contributed by atoms with E-state index in [9.17, 15) is 59.1 Å². The van der Waals surface area contributed by atoms with Crippen molar-refractivity contribution >= 4 is 70.1 Å². The van der Waals surface area contributed by atoms with E-state index in [0.717, 1.165) is 36.1 Å². The van der Waals surface area contributed by atoms with Crippen molar-refractivity contribution in [2.45, 2.75) is 147 Å². The van der Waals surface area contributed by atoms with E-state index in [0.29, 0.717) is 86.2 Å². The van der Waals surface area contributed by atoms with Crippen molar-refractivity contribution in [2.75, 3.05) is 114 Å². The lowest BCUT2D eigenvalue weighted by Crippen LogP contribution is -2.61. The third-order valence-electron chi connectivity index (χ3n) is 20.5. The highest BCUT2D eigenvalue weighted by Gasteiger charge is 2.59. The average Bonchev–Trinajstić information content (AvgIpc) is 1.46. The maximum atomic E-state index is 15.1. The van der Waals surface area contributed by atoms with Crippen LogP contribution in [0.2, 0.25) is 0 Å². The number of nitrogens with one attached hydrogen (secondary N) is 5. The zero-order valence-corrected chi connectivity index (χ0v) is 60.0. The zero-order chi connectivity index (χ0) is 75.6. The van der Waals surface area contributed by atoms with Gasteiger partial charge in [0.05, 0.1) is 97.4 Å². The summed E-state index contributed by atoms with van der Waals surface area (Å²) in [7, 11) is 2.95. The second-order valence-corrected chi connectivity index (χ2v) is 28.5. The molecule has 11 rings (SSSR count). The lowest BCUT2D eigenvalue weighted by molar-refractivity contribution is -0.294. The summed E-state index contributed by atoms with van der Waals surface area (Å²) in [6, 6.07) is 14.3. The number of carbonyl (C=O) groups excluding carboxylic acids is 7. The molecule has 1 unspecified atom stereocenters. The summed E-state index contributed by atoms with van der Waals surface area (Å²) in [5, 5.41) is 67.8. The van der Waals surface area contributed by atoms with Crippen molar-refractivity contribution in [1.82, 2.24) is 15.5 Å². The number of methoxy groups -OCH3 is 2. The highest BCUT2D eigenvalue weighted by Crippen LogP contribution is 2.63. The smallest absolute Gasteiger partial charge is 0.416 e. The molecule has 4 aliphatic heterocycles. The number of nitrogens with zero attached hydrogens (tertiary/aromatic N) is 2. The van der Waals surface area contributed by atoms with Crippen LogP contribution in [0.1, 0.15) is 110 Å². The number of hydrogen-bond acceptors (Lipinski definition) is 25. The number of Topliss-reactive ketones (excluding diaryl/α,β-unsaturated/α-hetero) is 1. The largest absolute Gasteiger partial charge is 0.493 e. The summed E-state index contributed by atoms with van der Waals surface area (Å²) >= 11 is 0. The number of amides is 6. The van der Waals surface area contributed by atoms with Gasteiger partial charge in [0.15, 0.2) is 47.4 Å². The van der Waals surface area contributed by atoms with Gasteiger partial charge in [-0.05, 0) is 109 Å². The van der Waals surface area contributed by atoms with Crippen molar-refractivity contribution in [3.63, 3.8) is 0 Å². The van der Waals surface area contributed by atoms with Crippen LogP contribution < -0.4 is 56.2 Å². The van der Waals surface area contributed by atoms with Crippen LogP contribution in [0.4, 0.5) is 27.5 Å². The molecule has 4 aromatic rings. The summed E-state index contributed by atoms with van der Waals surface area (Å²) < 4.78 is 63.5. The Bertz CT molecular complexity index is 3850. The highest BCUT2D eigenvalue weighted by atomic mass is 16.7. The normalized spacial score (nSPS) is 23.4. The molecule has 2 spiro atoms. The van der Waals surface area contributed by atoms with Crippen molar-refractivity contribution in [3.05, 3.63) is 94.5 Å². The highest BCUT2D eigenvalue weighted by molar-refractivity contribution is 6.07. The predicted molar refractivity (Wildman–Crippen MR) is 377 cm³/mol. The van der Waals surface area contributed by atoms with Crippen LogP contribution in [-0.4, -0.2) is 226 Å². The zero-order valence-electron chi connectivity index (χ0n) is 60.0. The molecule has 3 aliphatic carbocycles. The standard InChI is InChI=1S/C74H96N8O24/c1-40(2)60(77-41(3)83)67(90)80-52(38-104-71-64(88)62(86)63(87)65(106-71)70(93)94)66(89)78-46-10-9-44(50(26-46)79-59(84)11-17-98-19-21-100-23-24-101-22-20-99-18-16-75)37-105-72(95)82-53-30-58(56(97-5)28-48(53)68(91)81-39-74(14-15-74)33-54(81)69(82)92)103-36-43-8-6-7-42(25-43)35-102-57-29-51-47(27-55(57)96-4)61(85)49-32-73(12-13-73)31-45(49)34-76-51/h6-10,25-30,40,45,49,52,54,60,62-65,69,71,76,86-88,92H,11-24,31-39,75H2,1-5H3,(H,77,83)(H,78,89)(H,79,84)(H,80,90)(H,93,94)/t45-,49?,52-,54-,60-,62-,63-,64+,65-,69-,71+/m0/s1. The van der Waals surface area contributed by atoms with Crippen molar-refractivity contribution in [3.8, 4) is 23.0 Å². The first-order valence-electron chi connectivity index (χ1n) is 35.8. The van der Waals surface area contributed by atoms with Gasteiger partial charge < -0.3 is 115 Å². The second-order valence-electron chi connectivity index (χ2n) is 28.5. The van der Waals surface area contributed by atoms with E-state index >= 15 is 4.79 Å². The number of ketones is 1. The van der Waals surface area contributed by atoms with Crippen molar-refractivity contribution < 1.29 is 116 Å². The van der Waals surface area contributed by atoms with Gasteiger partial charge >= 0.3 is 12.1 Å². The molecule has 0 radical (unpaired) electrons. The van der Waals surface area contributed by atoms with Crippen molar-refractivity contribution in [1.29, 1.82) is 0 Å². The number of aliphatic hydroxyl groups excluding tert-OH is 4. The number of carboxylic acid groups (broad SMARTS) is 1. The SMILES string of the molecule is COc1cc2c(cc1OCc1cccc(COc3cc4c(cc3OC)C(=O)N3CC5(CC5)C[C@H]3[C@H](O)N4C(=O)OCc3ccc(NC(=O)[C@H](CO[C@@H]4O[C@H](C(=O)O)[C@@H](O)[C@H](O)[C@H]4O)NC(=O)[C@@H](NC(C)=O)C(C)C)cc3NC(=O)CCOCCOCCOCCOCCN)c1)NC[C@@H]1CC3(CC3)CC1C2=O. The van der Waals surface area contributed by atoms with Gasteiger partial charge in [-0.2, -0.15) is 0 Å². The minimum Gasteiger partial charge on any atom is -0.493 e. The predicted octanol–water partition coefficient (Wildman–Crippen LogP) is 3.59. The summed E-state index contributed by atoms with van der Waals surface area (Å²) in [4.78, 5) is 113. The number of carbonyl (C=O) groups is 8. The number of rotatable bonds is 35. The molecule has 5 fully saturated rings. The van der Waals surface area contributed by atoms with Gasteiger partial charge in [-0.25, -0.2) is 14.5 Å². The molecule has 12 N–H and O–H groups in total. The number of fused-ring (bicyclic) bond motifs is 4. The molecule has 2 saturated heterocycles. The molecule has 0 bridgehead atoms. The van der Waals surface area contributed by atoms with Crippen LogP contribution in [0.25, 0.3) is 0 Å². The number of aliphatic carboxylic acids is 1. The first kappa shape index (κ1) is 78.3. The number of aliphatic hydroxyl groups is 4. The molecule has 0 aromatic heterocycles. The molecule has 11 atom stereocenters. The third-order valence-corrected chi connectivity index (χ3v) is 20.5. The maximum Gasteiger partial charge on any atom is 0.416 e. The van der Waals surface area contributed by atoms with Gasteiger partial charge in [0, 0.05) is 72.8 Å². The lowest BCUT2D eigenvalue weighted by Gasteiger charge is -2.38. The Morgan fingerprint density at radius 3 is 1.96 bits per heavy atom. The molecule has 32 nitrogen and oxygen atoms in total. The van der Waals surface area contributed by atoms with E-state index in [1.807, 2.05) is 30.3 Å². The van der Waals surface area contributed by atoms with E-state index < -0.39 is 116 Å². The van der Waals surface area contributed by atoms with Crippen molar-refractivity contribution in [2.24, 2.45) is 34.3 Å². The van der Waals surface area contributed by atoms with E-state index in [1.165, 1.54) is 64.3 Å². The van der Waals surface area contributed by atoms with Crippen LogP contribution in [0.5, 0.6) is 23.0 Å². The number of ether oxygens (including phenoxy) is 11. The van der Waals surface area contributed by atoms with Crippen LogP contribution >= 0.6 is 0 Å². The van der Waals surface area contributed by atoms with Gasteiger partial charge in [0.1, 0.15) is 50.2 Å². The van der Waals surface area contributed by atoms with E-state index in [2.05, 4.69) is 26.6 Å². The molecule has 6 amide bonds. The quantitative estimate of drug-likeness (QED) is 0.0293. The van der Waals surface area contributed by atoms with Gasteiger partial charge in [0.2, 0.25) is 23.6 Å². The Kier molecular flexibility index (Phi) is 25.7. The summed E-state index contributed by atoms with van der Waals surface area (Å²) in [5.74, 6) is -4.20. The number of anilines is 4. The molecular formula is C74H96N8O24. The fourth-order valence-corrected chi connectivity index (χ4v) is 14.4. The molecular weight excluding hydrogens is 1380 g/mol. The Labute approximate surface area is 612 Å². The van der Waals surface area contributed by atoms with Crippen LogP contribution in [0.3, 0.4) is 0 Å². The minimum atomic E-state index is -2.08. The van der Waals surface area contributed by atoms with E-state index in [-0.39, 0.29) is 109 Å². The number of carboxylic acids is 1. The first-order chi connectivity index (χ1) is 50.9. The summed E-state index contributed by atoms with van der Waals surface area (Å²) in [6.45, 7) is 6.49. The summed E-state index contributed by atoms with van der Waals surface area (Å²) in [6.07, 6.45) is -6.84. The molecule has 3 saturated carbocycles. The first-order valence-corrected chi connectivity index (χ1v) is 35.8. The fourth-order valence-electron chi connectivity index (χ4n) is 14.4. The molecule has 7 aliphatic rings. The van der Waals surface area contributed by atoms with E-state index in [1.54, 1.807) is 24.8 Å². The Balaban J connectivity index is 0.813. The number of hydrogen-bond donors (Lipinski definition) is 11. The van der Waals surface area contributed by atoms with E-state index in [4.69, 9.17) is 57.8 Å². The lowest BCUT2D eigenvalue weighted by atomic mass is 9.89. The number of benzene rings is 4. The fraction of sp³-hybridized carbons (Fsp3) is 0.568. The second kappa shape index (κ2) is 34.8. The van der Waals surface area contributed by atoms with Crippen LogP contribution in [-0.2, 0) is 77.0 Å². The Morgan fingerprint density at radius 2 is 1.34 bits per heavy atom. The maximum absolute atomic E-state index is 15.1.